The highest BCUT2D eigenvalue weighted by atomic mass is 19.1. The Bertz CT molecular complexity index is 426. The first-order valence-corrected chi connectivity index (χ1v) is 6.14. The van der Waals surface area contributed by atoms with Crippen LogP contribution in [0.3, 0.4) is 0 Å². The molecule has 0 saturated heterocycles. The van der Waals surface area contributed by atoms with Gasteiger partial charge < -0.3 is 15.4 Å². The lowest BCUT2D eigenvalue weighted by molar-refractivity contribution is 0.0289. The third-order valence-corrected chi connectivity index (χ3v) is 2.47. The Morgan fingerprint density at radius 3 is 2.37 bits per heavy atom. The molecule has 0 fully saturated rings. The van der Waals surface area contributed by atoms with Crippen molar-refractivity contribution in [3.63, 3.8) is 0 Å². The van der Waals surface area contributed by atoms with Crippen LogP contribution in [0, 0.1) is 5.82 Å². The molecule has 19 heavy (non-hydrogen) atoms. The van der Waals surface area contributed by atoms with Gasteiger partial charge in [0, 0.05) is 19.6 Å². The second-order valence-corrected chi connectivity index (χ2v) is 5.52. The van der Waals surface area contributed by atoms with Crippen LogP contribution in [0.1, 0.15) is 32.4 Å². The minimum atomic E-state index is -0.536. The first kappa shape index (κ1) is 15.4. The summed E-state index contributed by atoms with van der Waals surface area (Å²) >= 11 is 0. The molecule has 5 heteroatoms. The number of carbonyl (C=O) groups is 1. The molecule has 2 N–H and O–H groups in total. The van der Waals surface area contributed by atoms with E-state index in [-0.39, 0.29) is 11.9 Å². The van der Waals surface area contributed by atoms with Gasteiger partial charge in [0.25, 0.3) is 0 Å². The van der Waals surface area contributed by atoms with Gasteiger partial charge in [-0.2, -0.15) is 0 Å². The van der Waals surface area contributed by atoms with Crippen LogP contribution in [0.2, 0.25) is 0 Å². The molecule has 0 heterocycles. The summed E-state index contributed by atoms with van der Waals surface area (Å²) in [5.41, 5.74) is 6.21. The van der Waals surface area contributed by atoms with Gasteiger partial charge in [-0.05, 0) is 38.5 Å². The molecule has 0 aliphatic rings. The van der Waals surface area contributed by atoms with Gasteiger partial charge in [0.05, 0.1) is 0 Å². The Hall–Kier alpha value is -1.62. The number of amides is 1. The number of nitrogens with zero attached hydrogens (tertiary/aromatic N) is 1. The summed E-state index contributed by atoms with van der Waals surface area (Å²) in [5, 5.41) is 0. The Morgan fingerprint density at radius 2 is 1.89 bits per heavy atom. The average molecular weight is 268 g/mol. The van der Waals surface area contributed by atoms with Gasteiger partial charge in [-0.25, -0.2) is 9.18 Å². The van der Waals surface area contributed by atoms with Crippen molar-refractivity contribution in [3.05, 3.63) is 35.6 Å². The minimum Gasteiger partial charge on any atom is -0.444 e. The molecule has 1 unspecified atom stereocenters. The molecule has 1 amide bonds. The van der Waals surface area contributed by atoms with Crippen LogP contribution in [0.4, 0.5) is 9.18 Å². The zero-order chi connectivity index (χ0) is 14.6. The van der Waals surface area contributed by atoms with E-state index in [1.807, 2.05) is 0 Å². The van der Waals surface area contributed by atoms with Crippen LogP contribution in [-0.4, -0.2) is 30.2 Å². The van der Waals surface area contributed by atoms with E-state index in [0.29, 0.717) is 6.54 Å². The van der Waals surface area contributed by atoms with E-state index in [9.17, 15) is 9.18 Å². The fourth-order valence-corrected chi connectivity index (χ4v) is 1.52. The molecule has 0 bridgehead atoms. The van der Waals surface area contributed by atoms with Gasteiger partial charge >= 0.3 is 6.09 Å². The summed E-state index contributed by atoms with van der Waals surface area (Å²) < 4.78 is 18.0. The SMILES string of the molecule is CN(CC(N)c1ccc(F)cc1)C(=O)OC(C)(C)C. The van der Waals surface area contributed by atoms with Crippen molar-refractivity contribution >= 4 is 6.09 Å². The lowest BCUT2D eigenvalue weighted by Crippen LogP contribution is -2.38. The Labute approximate surface area is 113 Å². The lowest BCUT2D eigenvalue weighted by Gasteiger charge is -2.26. The van der Waals surface area contributed by atoms with Gasteiger partial charge in [-0.15, -0.1) is 0 Å². The fraction of sp³-hybridized carbons (Fsp3) is 0.500. The van der Waals surface area contributed by atoms with Crippen molar-refractivity contribution in [2.75, 3.05) is 13.6 Å². The van der Waals surface area contributed by atoms with Crippen molar-refractivity contribution in [2.45, 2.75) is 32.4 Å². The molecule has 106 valence electrons. The topological polar surface area (TPSA) is 55.6 Å². The summed E-state index contributed by atoms with van der Waals surface area (Å²) in [6, 6.07) is 5.55. The highest BCUT2D eigenvalue weighted by molar-refractivity contribution is 5.67. The van der Waals surface area contributed by atoms with Crippen LogP contribution >= 0.6 is 0 Å². The molecule has 0 saturated carbocycles. The molecule has 1 rings (SSSR count). The highest BCUT2D eigenvalue weighted by Crippen LogP contribution is 2.14. The molecule has 0 radical (unpaired) electrons. The molecule has 1 aromatic rings. The van der Waals surface area contributed by atoms with E-state index >= 15 is 0 Å². The van der Waals surface area contributed by atoms with Gasteiger partial charge in [0.15, 0.2) is 0 Å². The third kappa shape index (κ3) is 5.26. The quantitative estimate of drug-likeness (QED) is 0.917. The second kappa shape index (κ2) is 6.02. The fourth-order valence-electron chi connectivity index (χ4n) is 1.52. The largest absolute Gasteiger partial charge is 0.444 e. The molecular weight excluding hydrogens is 247 g/mol. The summed E-state index contributed by atoms with van der Waals surface area (Å²) in [7, 11) is 1.62. The number of benzene rings is 1. The molecule has 0 aliphatic heterocycles. The molecule has 4 nitrogen and oxygen atoms in total. The van der Waals surface area contributed by atoms with E-state index in [4.69, 9.17) is 10.5 Å². The summed E-state index contributed by atoms with van der Waals surface area (Å²) in [5.74, 6) is -0.309. The van der Waals surface area contributed by atoms with Gasteiger partial charge in [0.2, 0.25) is 0 Å². The number of likely N-dealkylation sites (N-methyl/N-ethyl adjacent to an activating group) is 1. The van der Waals surface area contributed by atoms with Crippen LogP contribution in [-0.2, 0) is 4.74 Å². The maximum atomic E-state index is 12.8. The predicted molar refractivity (Wildman–Crippen MR) is 72.2 cm³/mol. The zero-order valence-corrected chi connectivity index (χ0v) is 11.8. The molecule has 0 aliphatic carbocycles. The summed E-state index contributed by atoms with van der Waals surface area (Å²) in [4.78, 5) is 13.2. The number of halogens is 1. The van der Waals surface area contributed by atoms with E-state index in [2.05, 4.69) is 0 Å². The third-order valence-electron chi connectivity index (χ3n) is 2.47. The first-order chi connectivity index (χ1) is 8.69. The minimum absolute atomic E-state index is 0.306. The molecule has 1 aromatic carbocycles. The Kier molecular flexibility index (Phi) is 4.89. The van der Waals surface area contributed by atoms with Crippen molar-refractivity contribution in [1.82, 2.24) is 4.90 Å². The molecule has 0 aromatic heterocycles. The van der Waals surface area contributed by atoms with Crippen LogP contribution in [0.25, 0.3) is 0 Å². The van der Waals surface area contributed by atoms with Gasteiger partial charge in [-0.1, -0.05) is 12.1 Å². The molecular formula is C14H21FN2O2. The van der Waals surface area contributed by atoms with Crippen LogP contribution in [0.5, 0.6) is 0 Å². The van der Waals surface area contributed by atoms with E-state index in [1.54, 1.807) is 40.0 Å². The first-order valence-electron chi connectivity index (χ1n) is 6.14. The van der Waals surface area contributed by atoms with Crippen LogP contribution < -0.4 is 5.73 Å². The van der Waals surface area contributed by atoms with Gasteiger partial charge in [0.1, 0.15) is 11.4 Å². The van der Waals surface area contributed by atoms with Gasteiger partial charge in [-0.3, -0.25) is 0 Å². The number of ether oxygens (including phenoxy) is 1. The maximum absolute atomic E-state index is 12.8. The lowest BCUT2D eigenvalue weighted by atomic mass is 10.1. The smallest absolute Gasteiger partial charge is 0.410 e. The number of hydrogen-bond acceptors (Lipinski definition) is 3. The number of carbonyl (C=O) groups excluding carboxylic acids is 1. The Balaban J connectivity index is 2.59. The summed E-state index contributed by atoms with van der Waals surface area (Å²) in [6.07, 6.45) is -0.426. The summed E-state index contributed by atoms with van der Waals surface area (Å²) in [6.45, 7) is 5.72. The second-order valence-electron chi connectivity index (χ2n) is 5.52. The number of nitrogens with two attached hydrogens (primary N) is 1. The van der Waals surface area contributed by atoms with E-state index in [0.717, 1.165) is 5.56 Å². The van der Waals surface area contributed by atoms with Crippen molar-refractivity contribution < 1.29 is 13.9 Å². The molecule has 1 atom stereocenters. The monoisotopic (exact) mass is 268 g/mol. The Morgan fingerprint density at radius 1 is 1.37 bits per heavy atom. The average Bonchev–Trinajstić information content (AvgIpc) is 2.27. The molecule has 0 spiro atoms. The van der Waals surface area contributed by atoms with Crippen LogP contribution in [0.15, 0.2) is 24.3 Å². The maximum Gasteiger partial charge on any atom is 0.410 e. The van der Waals surface area contributed by atoms with E-state index in [1.165, 1.54) is 17.0 Å². The number of rotatable bonds is 3. The standard InChI is InChI=1S/C14H21FN2O2/c1-14(2,3)19-13(18)17(4)9-12(16)10-5-7-11(15)8-6-10/h5-8,12H,9,16H2,1-4H3. The predicted octanol–water partition coefficient (Wildman–Crippen LogP) is 2.69. The van der Waals surface area contributed by atoms with Crippen molar-refractivity contribution in [1.29, 1.82) is 0 Å². The normalized spacial score (nSPS) is 12.9. The number of hydrogen-bond donors (Lipinski definition) is 1. The van der Waals surface area contributed by atoms with Crippen molar-refractivity contribution in [3.8, 4) is 0 Å². The van der Waals surface area contributed by atoms with E-state index < -0.39 is 11.7 Å². The van der Waals surface area contributed by atoms with Crippen molar-refractivity contribution in [2.24, 2.45) is 5.73 Å². The highest BCUT2D eigenvalue weighted by Gasteiger charge is 2.21. The zero-order valence-electron chi connectivity index (χ0n) is 11.8.